The van der Waals surface area contributed by atoms with Gasteiger partial charge < -0.3 is 30.1 Å². The highest BCUT2D eigenvalue weighted by Gasteiger charge is 2.22. The number of phenolic OH excluding ortho intramolecular Hbond substituents is 1. The first-order valence-electron chi connectivity index (χ1n) is 6.84. The van der Waals surface area contributed by atoms with Crippen LogP contribution in [0, 0.1) is 0 Å². The van der Waals surface area contributed by atoms with E-state index in [0.29, 0.717) is 5.56 Å². The SMILES string of the molecule is COc1ccc(C(O)C(O)CNC(=O)OC(C)(C)C)cc1O. The van der Waals surface area contributed by atoms with Crippen LogP contribution >= 0.6 is 0 Å². The number of aromatic hydroxyl groups is 1. The summed E-state index contributed by atoms with van der Waals surface area (Å²) in [5.74, 6) is 0.115. The monoisotopic (exact) mass is 313 g/mol. The third-order valence-corrected chi connectivity index (χ3v) is 2.76. The Bertz CT molecular complexity index is 511. The minimum absolute atomic E-state index is 0.147. The summed E-state index contributed by atoms with van der Waals surface area (Å²) in [6, 6.07) is 4.28. The second kappa shape index (κ2) is 7.33. The molecule has 1 aromatic rings. The zero-order chi connectivity index (χ0) is 16.9. The van der Waals surface area contributed by atoms with Crippen LogP contribution in [0.5, 0.6) is 11.5 Å². The fourth-order valence-corrected chi connectivity index (χ4v) is 1.73. The second-order valence-corrected chi connectivity index (χ2v) is 5.83. The normalized spacial score (nSPS) is 14.1. The van der Waals surface area contributed by atoms with Crippen LogP contribution in [0.2, 0.25) is 0 Å². The van der Waals surface area contributed by atoms with Gasteiger partial charge >= 0.3 is 6.09 Å². The first kappa shape index (κ1) is 18.1. The number of ether oxygens (including phenoxy) is 2. The number of aliphatic hydroxyl groups is 2. The molecule has 4 N–H and O–H groups in total. The van der Waals surface area contributed by atoms with Gasteiger partial charge in [0, 0.05) is 6.54 Å². The van der Waals surface area contributed by atoms with Gasteiger partial charge in [0.25, 0.3) is 0 Å². The first-order chi connectivity index (χ1) is 10.1. The maximum atomic E-state index is 11.5. The molecule has 0 aromatic heterocycles. The van der Waals surface area contributed by atoms with E-state index in [1.165, 1.54) is 25.3 Å². The highest BCUT2D eigenvalue weighted by atomic mass is 16.6. The molecular formula is C15H23NO6. The summed E-state index contributed by atoms with van der Waals surface area (Å²) in [4.78, 5) is 11.5. The molecule has 0 saturated heterocycles. The third kappa shape index (κ3) is 5.42. The molecule has 7 nitrogen and oxygen atoms in total. The summed E-state index contributed by atoms with van der Waals surface area (Å²) in [5.41, 5.74) is -0.341. The summed E-state index contributed by atoms with van der Waals surface area (Å²) in [5, 5.41) is 32.0. The summed E-state index contributed by atoms with van der Waals surface area (Å²) < 4.78 is 9.92. The van der Waals surface area contributed by atoms with Crippen molar-refractivity contribution in [1.82, 2.24) is 5.32 Å². The fourth-order valence-electron chi connectivity index (χ4n) is 1.73. The Labute approximate surface area is 129 Å². The van der Waals surface area contributed by atoms with E-state index in [1.807, 2.05) is 0 Å². The number of methoxy groups -OCH3 is 1. The maximum Gasteiger partial charge on any atom is 0.407 e. The number of carbonyl (C=O) groups excluding carboxylic acids is 1. The molecule has 0 saturated carbocycles. The molecule has 124 valence electrons. The van der Waals surface area contributed by atoms with Gasteiger partial charge in [-0.05, 0) is 38.5 Å². The second-order valence-electron chi connectivity index (χ2n) is 5.83. The predicted octanol–water partition coefficient (Wildman–Crippen LogP) is 1.32. The molecule has 0 heterocycles. The van der Waals surface area contributed by atoms with Crippen LogP contribution in [0.4, 0.5) is 4.79 Å². The van der Waals surface area contributed by atoms with E-state index in [0.717, 1.165) is 0 Å². The number of carbonyl (C=O) groups is 1. The summed E-state index contributed by atoms with van der Waals surface area (Å²) >= 11 is 0. The van der Waals surface area contributed by atoms with Crippen molar-refractivity contribution >= 4 is 6.09 Å². The van der Waals surface area contributed by atoms with Crippen molar-refractivity contribution in [3.05, 3.63) is 23.8 Å². The number of nitrogens with one attached hydrogen (secondary N) is 1. The molecule has 0 aliphatic rings. The van der Waals surface area contributed by atoms with Gasteiger partial charge in [0.15, 0.2) is 11.5 Å². The van der Waals surface area contributed by atoms with Gasteiger partial charge in [0.2, 0.25) is 0 Å². The van der Waals surface area contributed by atoms with E-state index in [2.05, 4.69) is 5.32 Å². The van der Waals surface area contributed by atoms with E-state index >= 15 is 0 Å². The lowest BCUT2D eigenvalue weighted by atomic mass is 10.0. The Balaban J connectivity index is 2.60. The first-order valence-corrected chi connectivity index (χ1v) is 6.84. The van der Waals surface area contributed by atoms with Gasteiger partial charge in [-0.1, -0.05) is 6.07 Å². The van der Waals surface area contributed by atoms with Crippen LogP contribution in [-0.4, -0.2) is 46.8 Å². The molecule has 2 atom stereocenters. The number of aliphatic hydroxyl groups excluding tert-OH is 2. The van der Waals surface area contributed by atoms with Crippen molar-refractivity contribution in [1.29, 1.82) is 0 Å². The minimum Gasteiger partial charge on any atom is -0.504 e. The number of alkyl carbamates (subject to hydrolysis) is 1. The average molecular weight is 313 g/mol. The Morgan fingerprint density at radius 2 is 1.95 bits per heavy atom. The molecule has 0 bridgehead atoms. The number of rotatable bonds is 5. The van der Waals surface area contributed by atoms with Crippen LogP contribution in [0.1, 0.15) is 32.4 Å². The molecule has 0 aliphatic heterocycles. The van der Waals surface area contributed by atoms with Crippen molar-refractivity contribution in [2.45, 2.75) is 38.6 Å². The van der Waals surface area contributed by atoms with Crippen molar-refractivity contribution < 1.29 is 29.6 Å². The lowest BCUT2D eigenvalue weighted by Gasteiger charge is -2.22. The largest absolute Gasteiger partial charge is 0.504 e. The minimum atomic E-state index is -1.27. The van der Waals surface area contributed by atoms with Crippen LogP contribution in [-0.2, 0) is 4.74 Å². The van der Waals surface area contributed by atoms with Crippen LogP contribution in [0.25, 0.3) is 0 Å². The Morgan fingerprint density at radius 3 is 2.45 bits per heavy atom. The van der Waals surface area contributed by atoms with E-state index in [4.69, 9.17) is 9.47 Å². The van der Waals surface area contributed by atoms with Gasteiger partial charge in [0.1, 0.15) is 17.8 Å². The van der Waals surface area contributed by atoms with Crippen molar-refractivity contribution in [2.24, 2.45) is 0 Å². The molecule has 0 spiro atoms. The quantitative estimate of drug-likeness (QED) is 0.653. The zero-order valence-corrected chi connectivity index (χ0v) is 13.2. The number of hydrogen-bond acceptors (Lipinski definition) is 6. The topological polar surface area (TPSA) is 108 Å². The molecule has 1 rings (SSSR count). The molecule has 0 aliphatic carbocycles. The summed E-state index contributed by atoms with van der Waals surface area (Å²) in [7, 11) is 1.41. The van der Waals surface area contributed by atoms with Gasteiger partial charge in [-0.2, -0.15) is 0 Å². The molecule has 22 heavy (non-hydrogen) atoms. The lowest BCUT2D eigenvalue weighted by molar-refractivity contribution is 0.0128. The molecule has 7 heteroatoms. The Morgan fingerprint density at radius 1 is 1.32 bits per heavy atom. The molecule has 1 amide bonds. The van der Waals surface area contributed by atoms with Crippen molar-refractivity contribution in [3.8, 4) is 11.5 Å². The Hall–Kier alpha value is -1.99. The van der Waals surface area contributed by atoms with Crippen LogP contribution in [0.3, 0.4) is 0 Å². The molecule has 0 fully saturated rings. The number of phenols is 1. The fraction of sp³-hybridized carbons (Fsp3) is 0.533. The standard InChI is InChI=1S/C15H23NO6/c1-15(2,3)22-14(20)16-8-11(18)13(19)9-5-6-12(21-4)10(17)7-9/h5-7,11,13,17-19H,8H2,1-4H3,(H,16,20). The summed E-state index contributed by atoms with van der Waals surface area (Å²) in [6.07, 6.45) is -3.21. The number of amides is 1. The smallest absolute Gasteiger partial charge is 0.407 e. The molecule has 0 radical (unpaired) electrons. The number of hydrogen-bond donors (Lipinski definition) is 4. The van der Waals surface area contributed by atoms with Crippen LogP contribution in [0.15, 0.2) is 18.2 Å². The molecular weight excluding hydrogens is 290 g/mol. The zero-order valence-electron chi connectivity index (χ0n) is 13.2. The van der Waals surface area contributed by atoms with E-state index in [-0.39, 0.29) is 18.0 Å². The summed E-state index contributed by atoms with van der Waals surface area (Å²) in [6.45, 7) is 4.97. The number of benzene rings is 1. The van der Waals surface area contributed by atoms with Crippen molar-refractivity contribution in [2.75, 3.05) is 13.7 Å². The maximum absolute atomic E-state index is 11.5. The van der Waals surface area contributed by atoms with Gasteiger partial charge in [-0.25, -0.2) is 4.79 Å². The molecule has 2 unspecified atom stereocenters. The van der Waals surface area contributed by atoms with Gasteiger partial charge in [0.05, 0.1) is 7.11 Å². The lowest BCUT2D eigenvalue weighted by Crippen LogP contribution is -2.38. The third-order valence-electron chi connectivity index (χ3n) is 2.76. The molecule has 1 aromatic carbocycles. The van der Waals surface area contributed by atoms with E-state index in [9.17, 15) is 20.1 Å². The van der Waals surface area contributed by atoms with E-state index < -0.39 is 23.9 Å². The highest BCUT2D eigenvalue weighted by molar-refractivity contribution is 5.67. The average Bonchev–Trinajstić information content (AvgIpc) is 2.42. The van der Waals surface area contributed by atoms with Gasteiger partial charge in [-0.3, -0.25) is 0 Å². The highest BCUT2D eigenvalue weighted by Crippen LogP contribution is 2.29. The van der Waals surface area contributed by atoms with Crippen LogP contribution < -0.4 is 10.1 Å². The van der Waals surface area contributed by atoms with E-state index in [1.54, 1.807) is 20.8 Å². The Kier molecular flexibility index (Phi) is 6.01. The van der Waals surface area contributed by atoms with Crippen molar-refractivity contribution in [3.63, 3.8) is 0 Å². The van der Waals surface area contributed by atoms with Gasteiger partial charge in [-0.15, -0.1) is 0 Å². The predicted molar refractivity (Wildman–Crippen MR) is 79.9 cm³/mol.